The van der Waals surface area contributed by atoms with Crippen molar-refractivity contribution in [2.45, 2.75) is 13.3 Å². The van der Waals surface area contributed by atoms with Gasteiger partial charge in [0.1, 0.15) is 5.69 Å². The summed E-state index contributed by atoms with van der Waals surface area (Å²) in [4.78, 5) is 16.6. The quantitative estimate of drug-likeness (QED) is 0.876. The Morgan fingerprint density at radius 1 is 1.32 bits per heavy atom. The van der Waals surface area contributed by atoms with E-state index >= 15 is 0 Å². The van der Waals surface area contributed by atoms with Crippen molar-refractivity contribution in [2.75, 3.05) is 31.9 Å². The number of aromatic amines is 1. The average molecular weight is 285 g/mol. The number of aromatic nitrogens is 1. The molecule has 106 valence electrons. The van der Waals surface area contributed by atoms with E-state index in [1.54, 1.807) is 23.2 Å². The van der Waals surface area contributed by atoms with Gasteiger partial charge in [-0.05, 0) is 18.6 Å². The molecule has 1 amide bonds. The van der Waals surface area contributed by atoms with E-state index in [9.17, 15) is 13.2 Å². The lowest BCUT2D eigenvalue weighted by molar-refractivity contribution is 0.0692. The normalized spacial score (nSPS) is 17.6. The highest BCUT2D eigenvalue weighted by atomic mass is 32.2. The molecule has 1 N–H and O–H groups in total. The third-order valence-electron chi connectivity index (χ3n) is 3.21. The average Bonchev–Trinajstić information content (AvgIpc) is 2.92. The second kappa shape index (κ2) is 5.75. The summed E-state index contributed by atoms with van der Waals surface area (Å²) >= 11 is 0. The molecule has 1 aliphatic heterocycles. The standard InChI is InChI=1S/C12H19N3O3S/c1-2-10-19(17,18)15-8-6-14(7-9-15)12(16)11-4-3-5-13-11/h3-5,13H,2,6-10H2,1H3. The van der Waals surface area contributed by atoms with Crippen molar-refractivity contribution in [2.24, 2.45) is 0 Å². The van der Waals surface area contributed by atoms with Gasteiger partial charge < -0.3 is 9.88 Å². The molecular formula is C12H19N3O3S. The van der Waals surface area contributed by atoms with Crippen LogP contribution in [-0.4, -0.2) is 60.4 Å². The van der Waals surface area contributed by atoms with Crippen molar-refractivity contribution >= 4 is 15.9 Å². The SMILES string of the molecule is CCCS(=O)(=O)N1CCN(C(=O)c2ccc[nH]2)CC1. The molecule has 1 aromatic rings. The largest absolute Gasteiger partial charge is 0.357 e. The van der Waals surface area contributed by atoms with Crippen LogP contribution in [-0.2, 0) is 10.0 Å². The van der Waals surface area contributed by atoms with Gasteiger partial charge in [0.05, 0.1) is 5.75 Å². The van der Waals surface area contributed by atoms with Gasteiger partial charge in [-0.1, -0.05) is 6.92 Å². The predicted molar refractivity (Wildman–Crippen MR) is 72.3 cm³/mol. The van der Waals surface area contributed by atoms with Crippen LogP contribution in [0.1, 0.15) is 23.8 Å². The first kappa shape index (κ1) is 14.1. The second-order valence-electron chi connectivity index (χ2n) is 4.59. The van der Waals surface area contributed by atoms with E-state index in [1.165, 1.54) is 4.31 Å². The minimum Gasteiger partial charge on any atom is -0.357 e. The molecule has 2 heterocycles. The van der Waals surface area contributed by atoms with Crippen molar-refractivity contribution in [3.63, 3.8) is 0 Å². The Labute approximate surface area is 113 Å². The Bertz CT molecular complexity index is 516. The summed E-state index contributed by atoms with van der Waals surface area (Å²) in [5.41, 5.74) is 0.546. The van der Waals surface area contributed by atoms with Gasteiger partial charge in [0.25, 0.3) is 5.91 Å². The van der Waals surface area contributed by atoms with Crippen LogP contribution in [0, 0.1) is 0 Å². The maximum absolute atomic E-state index is 12.1. The summed E-state index contributed by atoms with van der Waals surface area (Å²) in [5, 5.41) is 0. The van der Waals surface area contributed by atoms with Crippen LogP contribution in [0.5, 0.6) is 0 Å². The maximum Gasteiger partial charge on any atom is 0.270 e. The van der Waals surface area contributed by atoms with Crippen LogP contribution in [0.4, 0.5) is 0 Å². The second-order valence-corrected chi connectivity index (χ2v) is 6.68. The number of nitrogens with zero attached hydrogens (tertiary/aromatic N) is 2. The molecule has 6 nitrogen and oxygen atoms in total. The number of rotatable bonds is 4. The minimum absolute atomic E-state index is 0.0717. The third kappa shape index (κ3) is 3.16. The van der Waals surface area contributed by atoms with Crippen LogP contribution in [0.3, 0.4) is 0 Å². The Morgan fingerprint density at radius 3 is 2.53 bits per heavy atom. The van der Waals surface area contributed by atoms with Crippen LogP contribution in [0.2, 0.25) is 0 Å². The molecule has 1 saturated heterocycles. The smallest absolute Gasteiger partial charge is 0.270 e. The number of hydrogen-bond acceptors (Lipinski definition) is 3. The fourth-order valence-electron chi connectivity index (χ4n) is 2.19. The van der Waals surface area contributed by atoms with Crippen LogP contribution in [0.15, 0.2) is 18.3 Å². The van der Waals surface area contributed by atoms with Crippen LogP contribution < -0.4 is 0 Å². The summed E-state index contributed by atoms with van der Waals surface area (Å²) in [7, 11) is -3.15. The molecule has 0 unspecified atom stereocenters. The molecular weight excluding hydrogens is 266 g/mol. The fraction of sp³-hybridized carbons (Fsp3) is 0.583. The van der Waals surface area contributed by atoms with Gasteiger partial charge in [-0.25, -0.2) is 8.42 Å². The molecule has 0 radical (unpaired) electrons. The molecule has 0 aromatic carbocycles. The zero-order valence-electron chi connectivity index (χ0n) is 11.0. The van der Waals surface area contributed by atoms with E-state index in [4.69, 9.17) is 0 Å². The monoisotopic (exact) mass is 285 g/mol. The molecule has 1 aliphatic rings. The number of piperazine rings is 1. The number of sulfonamides is 1. The first-order valence-corrected chi connectivity index (χ1v) is 8.06. The first-order valence-electron chi connectivity index (χ1n) is 6.45. The molecule has 0 atom stereocenters. The highest BCUT2D eigenvalue weighted by molar-refractivity contribution is 7.89. The highest BCUT2D eigenvalue weighted by Gasteiger charge is 2.28. The van der Waals surface area contributed by atoms with Crippen molar-refractivity contribution in [1.29, 1.82) is 0 Å². The summed E-state index contributed by atoms with van der Waals surface area (Å²) in [6, 6.07) is 3.50. The number of carbonyl (C=O) groups is 1. The third-order valence-corrected chi connectivity index (χ3v) is 5.29. The van der Waals surface area contributed by atoms with Crippen molar-refractivity contribution in [3.8, 4) is 0 Å². The number of hydrogen-bond donors (Lipinski definition) is 1. The topological polar surface area (TPSA) is 73.5 Å². The van der Waals surface area contributed by atoms with Gasteiger partial charge in [0, 0.05) is 32.4 Å². The number of amides is 1. The van der Waals surface area contributed by atoms with Gasteiger partial charge in [0.15, 0.2) is 0 Å². The van der Waals surface area contributed by atoms with Gasteiger partial charge in [-0.2, -0.15) is 4.31 Å². The Hall–Kier alpha value is -1.34. The molecule has 2 rings (SSSR count). The lowest BCUT2D eigenvalue weighted by atomic mass is 10.3. The van der Waals surface area contributed by atoms with Crippen molar-refractivity contribution in [3.05, 3.63) is 24.0 Å². The van der Waals surface area contributed by atoms with E-state index in [0.717, 1.165) is 0 Å². The number of nitrogens with one attached hydrogen (secondary N) is 1. The fourth-order valence-corrected chi connectivity index (χ4v) is 3.68. The van der Waals surface area contributed by atoms with Gasteiger partial charge in [-0.15, -0.1) is 0 Å². The summed E-state index contributed by atoms with van der Waals surface area (Å²) < 4.78 is 25.3. The van der Waals surface area contributed by atoms with E-state index in [1.807, 2.05) is 6.92 Å². The molecule has 7 heteroatoms. The van der Waals surface area contributed by atoms with E-state index in [-0.39, 0.29) is 11.7 Å². The summed E-state index contributed by atoms with van der Waals surface area (Å²) in [6.07, 6.45) is 2.32. The van der Waals surface area contributed by atoms with Gasteiger partial charge >= 0.3 is 0 Å². The molecule has 19 heavy (non-hydrogen) atoms. The number of carbonyl (C=O) groups excluding carboxylic acids is 1. The zero-order chi connectivity index (χ0) is 13.9. The minimum atomic E-state index is -3.15. The van der Waals surface area contributed by atoms with Crippen LogP contribution >= 0.6 is 0 Å². The maximum atomic E-state index is 12.1. The van der Waals surface area contributed by atoms with Gasteiger partial charge in [0.2, 0.25) is 10.0 Å². The predicted octanol–water partition coefficient (Wildman–Crippen LogP) is 0.512. The molecule has 0 bridgehead atoms. The zero-order valence-corrected chi connectivity index (χ0v) is 11.8. The first-order chi connectivity index (χ1) is 9.04. The molecule has 1 aromatic heterocycles. The Kier molecular flexibility index (Phi) is 4.26. The Balaban J connectivity index is 1.94. The van der Waals surface area contributed by atoms with Crippen molar-refractivity contribution in [1.82, 2.24) is 14.2 Å². The molecule has 0 saturated carbocycles. The molecule has 0 spiro atoms. The summed E-state index contributed by atoms with van der Waals surface area (Å²) in [5.74, 6) is 0.106. The molecule has 1 fully saturated rings. The van der Waals surface area contributed by atoms with Crippen molar-refractivity contribution < 1.29 is 13.2 Å². The highest BCUT2D eigenvalue weighted by Crippen LogP contribution is 2.11. The Morgan fingerprint density at radius 2 is 2.00 bits per heavy atom. The van der Waals surface area contributed by atoms with Gasteiger partial charge in [-0.3, -0.25) is 4.79 Å². The van der Waals surface area contributed by atoms with Crippen LogP contribution in [0.25, 0.3) is 0 Å². The lowest BCUT2D eigenvalue weighted by Gasteiger charge is -2.33. The lowest BCUT2D eigenvalue weighted by Crippen LogP contribution is -2.51. The summed E-state index contributed by atoms with van der Waals surface area (Å²) in [6.45, 7) is 3.51. The van der Waals surface area contributed by atoms with E-state index in [2.05, 4.69) is 4.98 Å². The van der Waals surface area contributed by atoms with E-state index in [0.29, 0.717) is 38.3 Å². The molecule has 0 aliphatic carbocycles. The number of H-pyrrole nitrogens is 1. The van der Waals surface area contributed by atoms with E-state index < -0.39 is 10.0 Å².